The molecule has 0 saturated heterocycles. The molecule has 271 valence electrons. The summed E-state index contributed by atoms with van der Waals surface area (Å²) in [5.41, 5.74) is 9.61. The first-order valence-corrected chi connectivity index (χ1v) is 25.4. The third-order valence-corrected chi connectivity index (χ3v) is 13.5. The van der Waals surface area contributed by atoms with Crippen LogP contribution in [0.5, 0.6) is 0 Å². The molecule has 0 aliphatic carbocycles. The zero-order chi connectivity index (χ0) is 38.4. The van der Waals surface area contributed by atoms with Gasteiger partial charge in [-0.25, -0.2) is 0 Å². The van der Waals surface area contributed by atoms with Crippen molar-refractivity contribution in [3.05, 3.63) is 145 Å². The fourth-order valence-electron chi connectivity index (χ4n) is 6.55. The van der Waals surface area contributed by atoms with E-state index < -0.39 is 19.6 Å². The molecule has 0 fully saturated rings. The maximum atomic E-state index is 8.70. The van der Waals surface area contributed by atoms with Gasteiger partial charge in [0.05, 0.1) is 22.4 Å². The predicted octanol–water partition coefficient (Wildman–Crippen LogP) is 12.0. The van der Waals surface area contributed by atoms with Crippen molar-refractivity contribution in [3.63, 3.8) is 0 Å². The number of rotatable bonds is 6. The Bertz CT molecular complexity index is 2600. The second-order valence-electron chi connectivity index (χ2n) is 15.7. The number of nitrogens with zero attached hydrogens (tertiary/aromatic N) is 3. The van der Waals surface area contributed by atoms with E-state index in [1.807, 2.05) is 98.9 Å². The number of para-hydroxylation sites is 4. The fraction of sp³-hybridized carbons (Fsp3) is 0.234. The van der Waals surface area contributed by atoms with E-state index in [0.717, 1.165) is 71.3 Å². The molecule has 0 aliphatic rings. The summed E-state index contributed by atoms with van der Waals surface area (Å²) in [6.07, 6.45) is 0.565. The Morgan fingerprint density at radius 3 is 2.26 bits per heavy atom. The Morgan fingerprint density at radius 2 is 1.53 bits per heavy atom. The second kappa shape index (κ2) is 15.6. The van der Waals surface area contributed by atoms with Crippen molar-refractivity contribution in [1.29, 1.82) is 0 Å². The molecule has 8 aromatic rings. The van der Waals surface area contributed by atoms with Gasteiger partial charge in [-0.2, -0.15) is 0 Å². The Kier molecular flexibility index (Phi) is 10.5. The first-order valence-electron chi connectivity index (χ1n) is 19.0. The SMILES string of the molecule is [2H]C([2H])(c1cc(-c2[c-]ccc(C(C)(C)C)c2)nc[c]1[Ge]([CH3])([CH3])[CH3])C(C)C.[Ir].[c-]1cc2c(cc1-c1nc3ccccc3n1-c1ccccc1)oc1ccccc12. The van der Waals surface area contributed by atoms with Crippen LogP contribution < -0.4 is 4.40 Å². The number of pyridine rings is 1. The quantitative estimate of drug-likeness (QED) is 0.123. The van der Waals surface area contributed by atoms with Gasteiger partial charge in [0.25, 0.3) is 0 Å². The molecule has 0 saturated carbocycles. The first-order chi connectivity index (χ1) is 25.6. The van der Waals surface area contributed by atoms with Crippen LogP contribution in [0.25, 0.3) is 61.3 Å². The monoisotopic (exact) mass is 938 g/mol. The van der Waals surface area contributed by atoms with Crippen molar-refractivity contribution in [2.75, 3.05) is 0 Å². The Labute approximate surface area is 333 Å². The van der Waals surface area contributed by atoms with Gasteiger partial charge < -0.3 is 8.98 Å². The smallest absolute Gasteiger partial charge is 0.123 e. The van der Waals surface area contributed by atoms with Crippen LogP contribution in [0.3, 0.4) is 0 Å². The molecule has 0 spiro atoms. The predicted molar refractivity (Wildman–Crippen MR) is 221 cm³/mol. The van der Waals surface area contributed by atoms with Crippen LogP contribution in [0.15, 0.2) is 126 Å². The van der Waals surface area contributed by atoms with Gasteiger partial charge in [-0.05, 0) is 35.7 Å². The third kappa shape index (κ3) is 8.28. The van der Waals surface area contributed by atoms with E-state index in [0.29, 0.717) is 0 Å². The van der Waals surface area contributed by atoms with E-state index in [-0.39, 0.29) is 31.4 Å². The molecule has 8 rings (SSSR count). The van der Waals surface area contributed by atoms with Crippen LogP contribution in [0.2, 0.25) is 17.3 Å². The molecule has 0 amide bonds. The van der Waals surface area contributed by atoms with E-state index in [2.05, 4.69) is 91.1 Å². The normalized spacial score (nSPS) is 12.7. The minimum absolute atomic E-state index is 0. The van der Waals surface area contributed by atoms with Crippen molar-refractivity contribution < 1.29 is 27.3 Å². The van der Waals surface area contributed by atoms with Gasteiger partial charge in [0.15, 0.2) is 0 Å². The first kappa shape index (κ1) is 35.7. The topological polar surface area (TPSA) is 43.9 Å². The van der Waals surface area contributed by atoms with Crippen molar-refractivity contribution in [1.82, 2.24) is 14.5 Å². The standard InChI is InChI=1S/C25H15N2O.C22H32GeN.Ir/c1-2-8-18(9-3-1)27-22-12-6-5-11-21(22)26-25(27)17-14-15-20-19-10-4-7-13-23(19)28-24(20)16-17;1-16(2)12-18-14-21(24-15-20(18)23(6,7)8)17-10-9-11-19(13-17)22(3,4)5;/h1-13,15-16H;9,11,13-16H,12H2,1-8H3;/q2*-1;/i;12D2;. The summed E-state index contributed by atoms with van der Waals surface area (Å²) in [7, 11) is 0. The minimum Gasteiger partial charge on any atom is -0.476 e. The summed E-state index contributed by atoms with van der Waals surface area (Å²) in [5, 5.41) is 2.18. The van der Waals surface area contributed by atoms with Gasteiger partial charge in [-0.1, -0.05) is 60.0 Å². The average Bonchev–Trinajstić information content (AvgIpc) is 3.73. The molecule has 4 nitrogen and oxygen atoms in total. The van der Waals surface area contributed by atoms with Gasteiger partial charge >= 0.3 is 154 Å². The summed E-state index contributed by atoms with van der Waals surface area (Å²) in [6, 6.07) is 45.5. The molecule has 5 aromatic carbocycles. The molecular weight excluding hydrogens is 887 g/mol. The number of hydrogen-bond donors (Lipinski definition) is 0. The molecule has 0 bridgehead atoms. The van der Waals surface area contributed by atoms with Crippen LogP contribution in [0.1, 0.15) is 48.5 Å². The largest absolute Gasteiger partial charge is 0.476 e. The number of hydrogen-bond acceptors (Lipinski definition) is 3. The van der Waals surface area contributed by atoms with E-state index >= 15 is 0 Å². The zero-order valence-electron chi connectivity index (χ0n) is 33.7. The van der Waals surface area contributed by atoms with Gasteiger partial charge in [0.1, 0.15) is 5.58 Å². The summed E-state index contributed by atoms with van der Waals surface area (Å²) in [4.78, 5) is 9.63. The van der Waals surface area contributed by atoms with Crippen LogP contribution in [0, 0.1) is 18.1 Å². The molecule has 0 unspecified atom stereocenters. The van der Waals surface area contributed by atoms with Gasteiger partial charge in [-0.15, -0.1) is 17.7 Å². The molecule has 0 N–H and O–H groups in total. The summed E-state index contributed by atoms with van der Waals surface area (Å²) in [5.74, 6) is 7.65. The van der Waals surface area contributed by atoms with E-state index in [1.54, 1.807) is 0 Å². The summed E-state index contributed by atoms with van der Waals surface area (Å²) in [6.45, 7) is 10.5. The van der Waals surface area contributed by atoms with E-state index in [4.69, 9.17) is 17.1 Å². The summed E-state index contributed by atoms with van der Waals surface area (Å²) < 4.78 is 26.8. The molecular formula is C47H47GeIrN3O-2. The molecule has 3 aromatic heterocycles. The van der Waals surface area contributed by atoms with Gasteiger partial charge in [0.2, 0.25) is 0 Å². The molecule has 6 heteroatoms. The number of imidazole rings is 1. The van der Waals surface area contributed by atoms with Crippen molar-refractivity contribution in [2.24, 2.45) is 5.92 Å². The van der Waals surface area contributed by atoms with Gasteiger partial charge in [-0.3, -0.25) is 4.98 Å². The Morgan fingerprint density at radius 1 is 0.811 bits per heavy atom. The molecule has 53 heavy (non-hydrogen) atoms. The molecule has 0 aliphatic heterocycles. The molecule has 0 atom stereocenters. The van der Waals surface area contributed by atoms with Crippen molar-refractivity contribution in [2.45, 2.75) is 63.7 Å². The van der Waals surface area contributed by atoms with Gasteiger partial charge in [0, 0.05) is 25.8 Å². The van der Waals surface area contributed by atoms with Crippen molar-refractivity contribution in [3.8, 4) is 28.3 Å². The Balaban J connectivity index is 0.000000185. The fourth-order valence-corrected chi connectivity index (χ4v) is 9.50. The van der Waals surface area contributed by atoms with E-state index in [1.165, 1.54) is 5.56 Å². The number of furan rings is 1. The second-order valence-corrected chi connectivity index (χ2v) is 26.3. The summed E-state index contributed by atoms with van der Waals surface area (Å²) >= 11 is -2.25. The molecule has 1 radical (unpaired) electrons. The van der Waals surface area contributed by atoms with Crippen LogP contribution in [0.4, 0.5) is 0 Å². The average molecular weight is 937 g/mol. The maximum absolute atomic E-state index is 8.70. The van der Waals surface area contributed by atoms with Crippen molar-refractivity contribution >= 4 is 50.6 Å². The zero-order valence-corrected chi connectivity index (χ0v) is 36.2. The Hall–Kier alpha value is -4.29. The van der Waals surface area contributed by atoms with Crippen LogP contribution >= 0.6 is 0 Å². The third-order valence-electron chi connectivity index (χ3n) is 9.23. The number of benzene rings is 5. The molecule has 3 heterocycles. The van der Waals surface area contributed by atoms with E-state index in [9.17, 15) is 0 Å². The number of fused-ring (bicyclic) bond motifs is 4. The van der Waals surface area contributed by atoms with Crippen LogP contribution in [-0.2, 0) is 31.9 Å². The maximum Gasteiger partial charge on any atom is 0.123 e. The number of aromatic nitrogens is 3. The minimum atomic E-state index is -2.25. The van der Waals surface area contributed by atoms with Crippen LogP contribution in [-0.4, -0.2) is 27.8 Å².